The van der Waals surface area contributed by atoms with Crippen LogP contribution in [0.4, 0.5) is 5.69 Å². The van der Waals surface area contributed by atoms with E-state index in [1.54, 1.807) is 38.4 Å². The van der Waals surface area contributed by atoms with E-state index in [-0.39, 0.29) is 11.6 Å². The van der Waals surface area contributed by atoms with Crippen LogP contribution in [0.1, 0.15) is 10.4 Å². The lowest BCUT2D eigenvalue weighted by atomic mass is 10.2. The van der Waals surface area contributed by atoms with Crippen molar-refractivity contribution in [2.75, 3.05) is 14.1 Å². The van der Waals surface area contributed by atoms with Crippen molar-refractivity contribution < 1.29 is 9.72 Å². The molecule has 0 unspecified atom stereocenters. The van der Waals surface area contributed by atoms with Crippen molar-refractivity contribution in [3.63, 3.8) is 0 Å². The normalized spacial score (nSPS) is 10.3. The fourth-order valence-electron chi connectivity index (χ4n) is 1.81. The number of halogens is 1. The lowest BCUT2D eigenvalue weighted by Crippen LogP contribution is -2.22. The molecular weight excluding hydrogens is 415 g/mol. The minimum atomic E-state index is -0.402. The monoisotopic (exact) mass is 428 g/mol. The lowest BCUT2D eigenvalue weighted by Gasteiger charge is -2.13. The molecule has 0 N–H and O–H groups in total. The molecule has 0 aromatic heterocycles. The molecule has 114 valence electrons. The maximum Gasteiger partial charge on any atom is 0.284 e. The fourth-order valence-corrected chi connectivity index (χ4v) is 3.31. The quantitative estimate of drug-likeness (QED) is 0.419. The Morgan fingerprint density at radius 2 is 1.86 bits per heavy atom. The molecule has 22 heavy (non-hydrogen) atoms. The largest absolute Gasteiger partial charge is 0.345 e. The summed E-state index contributed by atoms with van der Waals surface area (Å²) in [5, 5.41) is 11.2. The van der Waals surface area contributed by atoms with Crippen LogP contribution in [0.2, 0.25) is 0 Å². The van der Waals surface area contributed by atoms with Crippen molar-refractivity contribution >= 4 is 45.9 Å². The van der Waals surface area contributed by atoms with Crippen molar-refractivity contribution in [1.82, 2.24) is 4.90 Å². The van der Waals surface area contributed by atoms with Crippen LogP contribution in [0.3, 0.4) is 0 Å². The third-order valence-electron chi connectivity index (χ3n) is 2.86. The smallest absolute Gasteiger partial charge is 0.284 e. The molecule has 0 bridgehead atoms. The Bertz CT molecular complexity index is 734. The molecule has 0 atom stereocenters. The molecule has 0 fully saturated rings. The molecule has 0 saturated carbocycles. The zero-order valence-corrected chi connectivity index (χ0v) is 14.9. The molecule has 2 rings (SSSR count). The van der Waals surface area contributed by atoms with Gasteiger partial charge in [-0.15, -0.1) is 0 Å². The van der Waals surface area contributed by atoms with E-state index in [1.807, 2.05) is 34.7 Å². The van der Waals surface area contributed by atoms with Crippen LogP contribution in [-0.2, 0) is 0 Å². The number of amides is 1. The van der Waals surface area contributed by atoms with E-state index in [1.165, 1.54) is 22.7 Å². The summed E-state index contributed by atoms with van der Waals surface area (Å²) < 4.78 is 0.798. The van der Waals surface area contributed by atoms with Crippen LogP contribution >= 0.6 is 34.4 Å². The zero-order valence-electron chi connectivity index (χ0n) is 11.9. The average Bonchev–Trinajstić information content (AvgIpc) is 2.48. The van der Waals surface area contributed by atoms with Gasteiger partial charge >= 0.3 is 0 Å². The predicted molar refractivity (Wildman–Crippen MR) is 94.4 cm³/mol. The molecule has 0 radical (unpaired) electrons. The first kappa shape index (κ1) is 16.8. The minimum Gasteiger partial charge on any atom is -0.345 e. The summed E-state index contributed by atoms with van der Waals surface area (Å²) in [5.41, 5.74) is 0.578. The van der Waals surface area contributed by atoms with Gasteiger partial charge in [0.15, 0.2) is 0 Å². The molecule has 0 spiro atoms. The van der Waals surface area contributed by atoms with Crippen LogP contribution in [0, 0.1) is 13.7 Å². The van der Waals surface area contributed by atoms with Crippen molar-refractivity contribution in [3.05, 3.63) is 61.7 Å². The van der Waals surface area contributed by atoms with E-state index in [4.69, 9.17) is 0 Å². The van der Waals surface area contributed by atoms with E-state index in [9.17, 15) is 14.9 Å². The van der Waals surface area contributed by atoms with Gasteiger partial charge in [0.05, 0.1) is 15.4 Å². The Labute approximate surface area is 146 Å². The van der Waals surface area contributed by atoms with Gasteiger partial charge in [-0.1, -0.05) is 23.9 Å². The minimum absolute atomic E-state index is 0.0454. The summed E-state index contributed by atoms with van der Waals surface area (Å²) in [6.45, 7) is 0. The van der Waals surface area contributed by atoms with Gasteiger partial charge in [-0.05, 0) is 46.9 Å². The second-order valence-electron chi connectivity index (χ2n) is 4.67. The maximum atomic E-state index is 12.2. The first-order valence-electron chi connectivity index (χ1n) is 6.32. The number of hydrogen-bond acceptors (Lipinski definition) is 4. The summed E-state index contributed by atoms with van der Waals surface area (Å²) in [6, 6.07) is 12.2. The average molecular weight is 428 g/mol. The Morgan fingerprint density at radius 3 is 2.50 bits per heavy atom. The molecule has 5 nitrogen and oxygen atoms in total. The van der Waals surface area contributed by atoms with Gasteiger partial charge in [-0.25, -0.2) is 0 Å². The first-order valence-corrected chi connectivity index (χ1v) is 8.22. The van der Waals surface area contributed by atoms with Crippen LogP contribution in [0.5, 0.6) is 0 Å². The third-order valence-corrected chi connectivity index (χ3v) is 4.67. The second-order valence-corrected chi connectivity index (χ2v) is 7.00. The molecule has 1 amide bonds. The summed E-state index contributed by atoms with van der Waals surface area (Å²) >= 11 is 3.27. The molecule has 0 aliphatic carbocycles. The molecule has 0 aliphatic heterocycles. The number of carbonyl (C=O) groups excluding carboxylic acids is 1. The van der Waals surface area contributed by atoms with Crippen LogP contribution in [0.15, 0.2) is 52.3 Å². The van der Waals surface area contributed by atoms with Crippen molar-refractivity contribution in [1.29, 1.82) is 0 Å². The lowest BCUT2D eigenvalue weighted by molar-refractivity contribution is -0.387. The maximum absolute atomic E-state index is 12.2. The molecule has 7 heteroatoms. The van der Waals surface area contributed by atoms with E-state index in [0.717, 1.165) is 3.57 Å². The van der Waals surface area contributed by atoms with Crippen LogP contribution in [-0.4, -0.2) is 29.8 Å². The summed E-state index contributed by atoms with van der Waals surface area (Å²) in [5.74, 6) is -0.128. The van der Waals surface area contributed by atoms with Crippen molar-refractivity contribution in [2.24, 2.45) is 0 Å². The topological polar surface area (TPSA) is 63.5 Å². The Morgan fingerprint density at radius 1 is 1.18 bits per heavy atom. The zero-order chi connectivity index (χ0) is 16.3. The fraction of sp³-hybridized carbons (Fsp3) is 0.133. The molecule has 2 aromatic carbocycles. The SMILES string of the molecule is CN(C)C(=O)c1ccccc1Sc1ccc(I)cc1[N+](=O)[O-]. The van der Waals surface area contributed by atoms with Gasteiger partial charge in [0, 0.05) is 28.6 Å². The number of rotatable bonds is 4. The number of nitrogens with zero attached hydrogens (tertiary/aromatic N) is 2. The highest BCUT2D eigenvalue weighted by Gasteiger charge is 2.19. The summed E-state index contributed by atoms with van der Waals surface area (Å²) in [7, 11) is 3.36. The van der Waals surface area contributed by atoms with E-state index >= 15 is 0 Å². The van der Waals surface area contributed by atoms with Gasteiger partial charge in [-0.2, -0.15) is 0 Å². The number of nitro benzene ring substituents is 1. The number of hydrogen-bond donors (Lipinski definition) is 0. The molecule has 0 saturated heterocycles. The Kier molecular flexibility index (Phi) is 5.41. The van der Waals surface area contributed by atoms with Gasteiger partial charge < -0.3 is 4.90 Å². The van der Waals surface area contributed by atoms with E-state index in [2.05, 4.69) is 0 Å². The number of carbonyl (C=O) groups is 1. The van der Waals surface area contributed by atoms with Crippen LogP contribution in [0.25, 0.3) is 0 Å². The first-order chi connectivity index (χ1) is 10.4. The molecule has 2 aromatic rings. The van der Waals surface area contributed by atoms with E-state index < -0.39 is 4.92 Å². The molecule has 0 heterocycles. The number of nitro groups is 1. The van der Waals surface area contributed by atoms with Crippen molar-refractivity contribution in [2.45, 2.75) is 9.79 Å². The van der Waals surface area contributed by atoms with Crippen molar-refractivity contribution in [3.8, 4) is 0 Å². The van der Waals surface area contributed by atoms with Gasteiger partial charge in [0.25, 0.3) is 11.6 Å². The summed E-state index contributed by atoms with van der Waals surface area (Å²) in [4.78, 5) is 25.7. The van der Waals surface area contributed by atoms with Crippen LogP contribution < -0.4 is 0 Å². The van der Waals surface area contributed by atoms with Gasteiger partial charge in [-0.3, -0.25) is 14.9 Å². The molecule has 0 aliphatic rings. The highest BCUT2D eigenvalue weighted by Crippen LogP contribution is 2.37. The van der Waals surface area contributed by atoms with E-state index in [0.29, 0.717) is 15.4 Å². The standard InChI is InChI=1S/C15H13IN2O3S/c1-17(2)15(19)11-5-3-4-6-13(11)22-14-8-7-10(16)9-12(14)18(20)21/h3-9H,1-2H3. The predicted octanol–water partition coefficient (Wildman–Crippen LogP) is 4.05. The van der Waals surface area contributed by atoms with Gasteiger partial charge in [0.2, 0.25) is 0 Å². The third kappa shape index (κ3) is 3.77. The highest BCUT2D eigenvalue weighted by atomic mass is 127. The highest BCUT2D eigenvalue weighted by molar-refractivity contribution is 14.1. The number of benzene rings is 2. The molecular formula is C15H13IN2O3S. The summed E-state index contributed by atoms with van der Waals surface area (Å²) in [6.07, 6.45) is 0. The Balaban J connectivity index is 2.44. The van der Waals surface area contributed by atoms with Gasteiger partial charge in [0.1, 0.15) is 0 Å². The Hall–Kier alpha value is -1.61. The second kappa shape index (κ2) is 7.10.